The maximum Gasteiger partial charge on any atom is 0.141 e. The van der Waals surface area contributed by atoms with Crippen molar-refractivity contribution in [2.45, 2.75) is 53.8 Å². The van der Waals surface area contributed by atoms with Crippen LogP contribution in [-0.4, -0.2) is 37.8 Å². The van der Waals surface area contributed by atoms with E-state index in [1.165, 1.54) is 5.57 Å². The molecule has 0 saturated heterocycles. The Kier molecular flexibility index (Phi) is 17.2. The third-order valence-electron chi connectivity index (χ3n) is 5.80. The molecule has 2 atom stereocenters. The monoisotopic (exact) mass is 672 g/mol. The van der Waals surface area contributed by atoms with Crippen molar-refractivity contribution in [2.75, 3.05) is 6.54 Å². The van der Waals surface area contributed by atoms with E-state index >= 15 is 0 Å². The second kappa shape index (κ2) is 16.8. The first-order valence-corrected chi connectivity index (χ1v) is 11.2. The van der Waals surface area contributed by atoms with Gasteiger partial charge in [-0.15, -0.1) is 0 Å². The van der Waals surface area contributed by atoms with Gasteiger partial charge in [0.2, 0.25) is 0 Å². The quantitative estimate of drug-likeness (QED) is 0.242. The van der Waals surface area contributed by atoms with Crippen LogP contribution in [0.3, 0.4) is 0 Å². The van der Waals surface area contributed by atoms with Crippen LogP contribution in [0.2, 0.25) is 0 Å². The maximum atomic E-state index is 9.70. The fourth-order valence-corrected chi connectivity index (χ4v) is 4.09. The number of rotatable bonds is 4. The number of aliphatic hydroxyl groups excluding tert-OH is 2. The molecule has 4 N–H and O–H groups in total. The number of allylic oxidation sites excluding steroid dienone is 1. The van der Waals surface area contributed by atoms with Gasteiger partial charge in [0.1, 0.15) is 17.3 Å². The van der Waals surface area contributed by atoms with Crippen LogP contribution in [0.1, 0.15) is 68.0 Å². The molecule has 2 heterocycles. The molecule has 0 fully saturated rings. The van der Waals surface area contributed by atoms with E-state index in [-0.39, 0.29) is 91.8 Å². The number of hydrogen-bond donors (Lipinski definition) is 4. The number of aliphatic imine (C=N–C) groups is 1. The summed E-state index contributed by atoms with van der Waals surface area (Å²) in [6, 6.07) is 10.2. The molecule has 0 bridgehead atoms. The second-order valence-corrected chi connectivity index (χ2v) is 8.73. The minimum Gasteiger partial charge on any atom is -0.508 e. The minimum atomic E-state index is -0.624. The Hall–Kier alpha value is -1.21. The van der Waals surface area contributed by atoms with Gasteiger partial charge in [0.25, 0.3) is 0 Å². The van der Waals surface area contributed by atoms with Crippen LogP contribution in [-0.2, 0) is 65.4 Å². The second-order valence-electron chi connectivity index (χ2n) is 8.73. The Morgan fingerprint density at radius 3 is 1.63 bits per heavy atom. The molecule has 3 aromatic rings. The SMILES string of the molecule is CC1=NCC(C)=C1c1cc(O)cc(C(C)O)c1.Cc1noc(C)c1-c1cc(O)cc(C(C)O)c1.[CH3-].[CH3-].[Y].[Y]. The number of aromatic nitrogens is 1. The van der Waals surface area contributed by atoms with Gasteiger partial charge in [-0.05, 0) is 106 Å². The average molecular weight is 672 g/mol. The number of hydrogen-bond acceptors (Lipinski definition) is 7. The van der Waals surface area contributed by atoms with Gasteiger partial charge in [0.15, 0.2) is 0 Å². The average Bonchev–Trinajstić information content (AvgIpc) is 3.27. The molecule has 1 aliphatic rings. The summed E-state index contributed by atoms with van der Waals surface area (Å²) in [5.41, 5.74) is 8.03. The standard InChI is InChI=1S/C14H17NO2.C13H15NO3.2CH3.2Y/c1-8-7-15-9(2)14(8)12-4-11(10(3)16)5-13(17)6-12;1-7-13(9(3)17-14-7)11-4-10(8(2)15)5-12(16)6-11;;;;/h4-6,10,16-17H,7H2,1-3H3;4-6,8,15-16H,1-3H3;2*1H3;;/q;;2*-1;;. The van der Waals surface area contributed by atoms with Gasteiger partial charge >= 0.3 is 0 Å². The first-order chi connectivity index (χ1) is 16.0. The Morgan fingerprint density at radius 1 is 0.763 bits per heavy atom. The van der Waals surface area contributed by atoms with Crippen molar-refractivity contribution < 1.29 is 90.4 Å². The van der Waals surface area contributed by atoms with Crippen LogP contribution in [0.15, 0.2) is 51.5 Å². The zero-order valence-electron chi connectivity index (χ0n) is 23.6. The van der Waals surface area contributed by atoms with Crippen LogP contribution in [0.5, 0.6) is 11.5 Å². The molecule has 0 spiro atoms. The first-order valence-electron chi connectivity index (χ1n) is 11.2. The number of aliphatic hydroxyl groups is 2. The van der Waals surface area contributed by atoms with Crippen molar-refractivity contribution in [1.29, 1.82) is 0 Å². The largest absolute Gasteiger partial charge is 0.508 e. The smallest absolute Gasteiger partial charge is 0.141 e. The minimum absolute atomic E-state index is 0. The van der Waals surface area contributed by atoms with Crippen molar-refractivity contribution in [3.05, 3.63) is 85.0 Å². The summed E-state index contributed by atoms with van der Waals surface area (Å²) in [5, 5.41) is 42.4. The Bertz CT molecular complexity index is 1240. The van der Waals surface area contributed by atoms with Gasteiger partial charge < -0.3 is 39.8 Å². The number of aromatic hydroxyl groups is 2. The van der Waals surface area contributed by atoms with Crippen LogP contribution in [0, 0.1) is 28.7 Å². The van der Waals surface area contributed by atoms with Crippen molar-refractivity contribution in [3.8, 4) is 22.6 Å². The Morgan fingerprint density at radius 2 is 1.24 bits per heavy atom. The number of phenolic OH excluding ortho intramolecular Hbond substituents is 2. The summed E-state index contributed by atoms with van der Waals surface area (Å²) in [6.07, 6.45) is -1.21. The molecule has 9 heteroatoms. The van der Waals surface area contributed by atoms with Gasteiger partial charge in [-0.25, -0.2) is 0 Å². The van der Waals surface area contributed by atoms with Gasteiger partial charge in [0.05, 0.1) is 24.4 Å². The number of aryl methyl sites for hydroxylation is 2. The molecule has 2 unspecified atom stereocenters. The van der Waals surface area contributed by atoms with E-state index < -0.39 is 12.2 Å². The van der Waals surface area contributed by atoms with Gasteiger partial charge in [-0.1, -0.05) is 5.16 Å². The van der Waals surface area contributed by atoms with Gasteiger partial charge in [0, 0.05) is 82.3 Å². The van der Waals surface area contributed by atoms with Gasteiger partial charge in [-0.2, -0.15) is 0 Å². The molecule has 0 aliphatic carbocycles. The maximum absolute atomic E-state index is 9.70. The zero-order valence-corrected chi connectivity index (χ0v) is 29.2. The summed E-state index contributed by atoms with van der Waals surface area (Å²) < 4.78 is 5.10. The molecule has 38 heavy (non-hydrogen) atoms. The van der Waals surface area contributed by atoms with E-state index in [4.69, 9.17) is 4.52 Å². The van der Waals surface area contributed by atoms with Crippen molar-refractivity contribution >= 4 is 11.3 Å². The van der Waals surface area contributed by atoms with E-state index in [0.717, 1.165) is 45.8 Å². The molecule has 202 valence electrons. The molecule has 4 rings (SSSR count). The zero-order chi connectivity index (χ0) is 25.2. The number of phenols is 2. The molecule has 2 aromatic carbocycles. The predicted molar refractivity (Wildman–Crippen MR) is 146 cm³/mol. The topological polar surface area (TPSA) is 119 Å². The van der Waals surface area contributed by atoms with E-state index in [0.29, 0.717) is 11.3 Å². The van der Waals surface area contributed by atoms with E-state index in [1.54, 1.807) is 38.1 Å². The van der Waals surface area contributed by atoms with Crippen molar-refractivity contribution in [3.63, 3.8) is 0 Å². The summed E-state index contributed by atoms with van der Waals surface area (Å²) in [7, 11) is 0. The molecule has 1 aromatic heterocycles. The molecule has 2 radical (unpaired) electrons. The molecule has 0 amide bonds. The normalized spacial score (nSPS) is 13.4. The Labute approximate surface area is 277 Å². The molecule has 1 aliphatic heterocycles. The molecule has 0 saturated carbocycles. The third-order valence-corrected chi connectivity index (χ3v) is 5.80. The van der Waals surface area contributed by atoms with E-state index in [9.17, 15) is 20.4 Å². The summed E-state index contributed by atoms with van der Waals surface area (Å²) in [4.78, 5) is 4.38. The van der Waals surface area contributed by atoms with E-state index in [2.05, 4.69) is 10.1 Å². The molecular weight excluding hydrogens is 634 g/mol. The van der Waals surface area contributed by atoms with Gasteiger partial charge in [-0.3, -0.25) is 4.99 Å². The van der Waals surface area contributed by atoms with Crippen LogP contribution < -0.4 is 0 Å². The van der Waals surface area contributed by atoms with Crippen LogP contribution in [0.25, 0.3) is 16.7 Å². The number of benzene rings is 2. The van der Waals surface area contributed by atoms with Crippen molar-refractivity contribution in [2.24, 2.45) is 4.99 Å². The summed E-state index contributed by atoms with van der Waals surface area (Å²) in [6.45, 7) is 11.8. The predicted octanol–water partition coefficient (Wildman–Crippen LogP) is 6.31. The fourth-order valence-electron chi connectivity index (χ4n) is 4.09. The van der Waals surface area contributed by atoms with E-state index in [1.807, 2.05) is 39.8 Å². The summed E-state index contributed by atoms with van der Waals surface area (Å²) >= 11 is 0. The molecular formula is C29H38N2O5Y2-2. The fraction of sp³-hybridized carbons (Fsp3) is 0.310. The number of nitrogens with zero attached hydrogens (tertiary/aromatic N) is 2. The van der Waals surface area contributed by atoms with Crippen molar-refractivity contribution in [1.82, 2.24) is 5.16 Å². The Balaban J connectivity index is 0. The van der Waals surface area contributed by atoms with Crippen LogP contribution in [0.4, 0.5) is 0 Å². The molecule has 7 nitrogen and oxygen atoms in total. The van der Waals surface area contributed by atoms with Crippen LogP contribution >= 0.6 is 0 Å². The third kappa shape index (κ3) is 9.46. The summed E-state index contributed by atoms with van der Waals surface area (Å²) in [5.74, 6) is 1.00. The first kappa shape index (κ1) is 38.9.